The van der Waals surface area contributed by atoms with Crippen LogP contribution in [0, 0.1) is 6.92 Å². The van der Waals surface area contributed by atoms with E-state index in [1.165, 1.54) is 5.56 Å². The molecule has 2 aromatic carbocycles. The lowest BCUT2D eigenvalue weighted by Crippen LogP contribution is -2.24. The lowest BCUT2D eigenvalue weighted by molar-refractivity contribution is 0.254. The highest BCUT2D eigenvalue weighted by Gasteiger charge is 2.01. The van der Waals surface area contributed by atoms with Crippen LogP contribution in [-0.2, 0) is 0 Å². The molecule has 2 amide bonds. The molecule has 0 spiro atoms. The van der Waals surface area contributed by atoms with Crippen molar-refractivity contribution in [3.63, 3.8) is 0 Å². The molecule has 0 heterocycles. The molecule has 92 valence electrons. The van der Waals surface area contributed by atoms with Gasteiger partial charge in [0.2, 0.25) is 0 Å². The molecule has 0 radical (unpaired) electrons. The molecule has 0 aliphatic heterocycles. The van der Waals surface area contributed by atoms with E-state index in [4.69, 9.17) is 0 Å². The first-order valence-corrected chi connectivity index (χ1v) is 5.85. The van der Waals surface area contributed by atoms with Crippen molar-refractivity contribution in [2.75, 3.05) is 12.4 Å². The average molecular weight is 240 g/mol. The van der Waals surface area contributed by atoms with E-state index < -0.39 is 0 Å². The highest BCUT2D eigenvalue weighted by molar-refractivity contribution is 5.89. The van der Waals surface area contributed by atoms with E-state index >= 15 is 0 Å². The first kappa shape index (κ1) is 12.2. The van der Waals surface area contributed by atoms with Gasteiger partial charge in [0, 0.05) is 12.7 Å². The van der Waals surface area contributed by atoms with Crippen LogP contribution in [0.1, 0.15) is 5.56 Å². The summed E-state index contributed by atoms with van der Waals surface area (Å²) in [6, 6.07) is 15.9. The maximum absolute atomic E-state index is 11.3. The molecule has 0 bridgehead atoms. The Hall–Kier alpha value is -2.29. The standard InChI is InChI=1S/C15H16N2O/c1-11-5-3-6-12(9-11)13-7-4-8-14(10-13)17-15(18)16-2/h3-10H,1-2H3,(H2,16,17,18). The van der Waals surface area contributed by atoms with Gasteiger partial charge in [-0.2, -0.15) is 0 Å². The number of aryl methyl sites for hydroxylation is 1. The van der Waals surface area contributed by atoms with E-state index in [0.29, 0.717) is 0 Å². The second kappa shape index (κ2) is 5.36. The van der Waals surface area contributed by atoms with Crippen LogP contribution in [0.4, 0.5) is 10.5 Å². The van der Waals surface area contributed by atoms with Crippen LogP contribution in [0.3, 0.4) is 0 Å². The van der Waals surface area contributed by atoms with E-state index in [1.807, 2.05) is 30.3 Å². The van der Waals surface area contributed by atoms with E-state index in [2.05, 4.69) is 35.8 Å². The number of hydrogen-bond acceptors (Lipinski definition) is 1. The van der Waals surface area contributed by atoms with Gasteiger partial charge in [-0.25, -0.2) is 4.79 Å². The van der Waals surface area contributed by atoms with Crippen molar-refractivity contribution in [3.05, 3.63) is 54.1 Å². The number of anilines is 1. The first-order chi connectivity index (χ1) is 8.69. The molecule has 2 rings (SSSR count). The molecule has 0 fully saturated rings. The Labute approximate surface area is 107 Å². The topological polar surface area (TPSA) is 41.1 Å². The van der Waals surface area contributed by atoms with Crippen LogP contribution >= 0.6 is 0 Å². The van der Waals surface area contributed by atoms with Crippen molar-refractivity contribution >= 4 is 11.7 Å². The summed E-state index contributed by atoms with van der Waals surface area (Å²) in [6.45, 7) is 2.07. The minimum Gasteiger partial charge on any atom is -0.341 e. The number of amides is 2. The van der Waals surface area contributed by atoms with Crippen LogP contribution < -0.4 is 10.6 Å². The van der Waals surface area contributed by atoms with Gasteiger partial charge in [-0.05, 0) is 30.2 Å². The molecule has 0 aromatic heterocycles. The third kappa shape index (κ3) is 2.88. The second-order valence-corrected chi connectivity index (χ2v) is 4.15. The number of nitrogens with one attached hydrogen (secondary N) is 2. The Balaban J connectivity index is 2.29. The Morgan fingerprint density at radius 2 is 1.67 bits per heavy atom. The van der Waals surface area contributed by atoms with Gasteiger partial charge in [0.25, 0.3) is 0 Å². The fourth-order valence-electron chi connectivity index (χ4n) is 1.79. The fourth-order valence-corrected chi connectivity index (χ4v) is 1.79. The lowest BCUT2D eigenvalue weighted by atomic mass is 10.0. The number of hydrogen-bond donors (Lipinski definition) is 2. The Morgan fingerprint density at radius 1 is 1.00 bits per heavy atom. The summed E-state index contributed by atoms with van der Waals surface area (Å²) in [7, 11) is 1.60. The quantitative estimate of drug-likeness (QED) is 0.829. The minimum absolute atomic E-state index is 0.212. The average Bonchev–Trinajstić information content (AvgIpc) is 2.39. The predicted octanol–water partition coefficient (Wildman–Crippen LogP) is 3.41. The highest BCUT2D eigenvalue weighted by Crippen LogP contribution is 2.23. The van der Waals surface area contributed by atoms with E-state index in [-0.39, 0.29) is 6.03 Å². The molecular formula is C15H16N2O. The van der Waals surface area contributed by atoms with Crippen LogP contribution in [0.5, 0.6) is 0 Å². The number of benzene rings is 2. The Bertz CT molecular complexity index is 564. The van der Waals surface area contributed by atoms with Crippen LogP contribution in [0.25, 0.3) is 11.1 Å². The van der Waals surface area contributed by atoms with Gasteiger partial charge in [-0.15, -0.1) is 0 Å². The molecule has 3 heteroatoms. The van der Waals surface area contributed by atoms with Gasteiger partial charge in [0.15, 0.2) is 0 Å². The molecule has 2 aromatic rings. The number of rotatable bonds is 2. The van der Waals surface area contributed by atoms with Crippen LogP contribution in [0.2, 0.25) is 0 Å². The second-order valence-electron chi connectivity index (χ2n) is 4.15. The summed E-state index contributed by atoms with van der Waals surface area (Å²) >= 11 is 0. The van der Waals surface area contributed by atoms with Gasteiger partial charge in [-0.1, -0.05) is 42.0 Å². The summed E-state index contributed by atoms with van der Waals surface area (Å²) in [6.07, 6.45) is 0. The molecule has 0 unspecified atom stereocenters. The van der Waals surface area contributed by atoms with Crippen molar-refractivity contribution < 1.29 is 4.79 Å². The zero-order valence-electron chi connectivity index (χ0n) is 10.5. The molecule has 0 aliphatic rings. The maximum Gasteiger partial charge on any atom is 0.318 e. The molecule has 18 heavy (non-hydrogen) atoms. The maximum atomic E-state index is 11.3. The lowest BCUT2D eigenvalue weighted by Gasteiger charge is -2.07. The molecular weight excluding hydrogens is 224 g/mol. The summed E-state index contributed by atoms with van der Waals surface area (Å²) < 4.78 is 0. The largest absolute Gasteiger partial charge is 0.341 e. The fraction of sp³-hybridized carbons (Fsp3) is 0.133. The number of carbonyl (C=O) groups excluding carboxylic acids is 1. The Morgan fingerprint density at radius 3 is 2.33 bits per heavy atom. The SMILES string of the molecule is CNC(=O)Nc1cccc(-c2cccc(C)c2)c1. The zero-order valence-corrected chi connectivity index (χ0v) is 10.5. The van der Waals surface area contributed by atoms with Gasteiger partial charge in [0.1, 0.15) is 0 Å². The number of carbonyl (C=O) groups is 1. The molecule has 0 atom stereocenters. The summed E-state index contributed by atoms with van der Waals surface area (Å²) in [4.78, 5) is 11.3. The zero-order chi connectivity index (χ0) is 13.0. The smallest absolute Gasteiger partial charge is 0.318 e. The summed E-state index contributed by atoms with van der Waals surface area (Å²) in [5.41, 5.74) is 4.24. The van der Waals surface area contributed by atoms with Crippen molar-refractivity contribution in [1.29, 1.82) is 0 Å². The van der Waals surface area contributed by atoms with E-state index in [0.717, 1.165) is 16.8 Å². The van der Waals surface area contributed by atoms with E-state index in [1.54, 1.807) is 7.05 Å². The van der Waals surface area contributed by atoms with Crippen LogP contribution in [-0.4, -0.2) is 13.1 Å². The highest BCUT2D eigenvalue weighted by atomic mass is 16.2. The van der Waals surface area contributed by atoms with Gasteiger partial charge >= 0.3 is 6.03 Å². The molecule has 0 saturated heterocycles. The summed E-state index contributed by atoms with van der Waals surface area (Å²) in [5, 5.41) is 5.30. The van der Waals surface area contributed by atoms with E-state index in [9.17, 15) is 4.79 Å². The Kier molecular flexibility index (Phi) is 3.63. The number of urea groups is 1. The third-order valence-corrected chi connectivity index (χ3v) is 2.70. The predicted molar refractivity (Wildman–Crippen MR) is 74.7 cm³/mol. The van der Waals surface area contributed by atoms with Crippen molar-refractivity contribution in [1.82, 2.24) is 5.32 Å². The van der Waals surface area contributed by atoms with Crippen molar-refractivity contribution in [2.24, 2.45) is 0 Å². The monoisotopic (exact) mass is 240 g/mol. The third-order valence-electron chi connectivity index (χ3n) is 2.70. The minimum atomic E-state index is -0.212. The first-order valence-electron chi connectivity index (χ1n) is 5.85. The van der Waals surface area contributed by atoms with Crippen LogP contribution in [0.15, 0.2) is 48.5 Å². The van der Waals surface area contributed by atoms with Gasteiger partial charge < -0.3 is 10.6 Å². The summed E-state index contributed by atoms with van der Waals surface area (Å²) in [5.74, 6) is 0. The normalized spacial score (nSPS) is 9.89. The molecule has 0 aliphatic carbocycles. The molecule has 0 saturated carbocycles. The molecule has 3 nitrogen and oxygen atoms in total. The van der Waals surface area contributed by atoms with Crippen molar-refractivity contribution in [2.45, 2.75) is 6.92 Å². The molecule has 2 N–H and O–H groups in total. The van der Waals surface area contributed by atoms with Gasteiger partial charge in [-0.3, -0.25) is 0 Å². The van der Waals surface area contributed by atoms with Crippen molar-refractivity contribution in [3.8, 4) is 11.1 Å². The van der Waals surface area contributed by atoms with Gasteiger partial charge in [0.05, 0.1) is 0 Å².